The van der Waals surface area contributed by atoms with Gasteiger partial charge in [0.15, 0.2) is 0 Å². The van der Waals surface area contributed by atoms with Gasteiger partial charge in [0, 0.05) is 73.7 Å². The maximum atomic E-state index is 14.6. The SMILES string of the molecule is O=C(/C=C/C(=O)OC1c2ccccc2C(=O)N(C(CCN2CCOCC2)c2ccccc2)S1(=O)=O)OC1c2ccccc2C(=O)N(C(CCN2CCOCC2)c2ccccc2)S1(=O)=O. The Kier molecular flexibility index (Phi) is 13.7. The molecule has 336 valence electrons. The van der Waals surface area contributed by atoms with E-state index < -0.39 is 66.8 Å². The van der Waals surface area contributed by atoms with E-state index in [4.69, 9.17) is 18.9 Å². The van der Waals surface area contributed by atoms with Crippen LogP contribution in [0.4, 0.5) is 0 Å². The summed E-state index contributed by atoms with van der Waals surface area (Å²) in [6.45, 7) is 5.55. The van der Waals surface area contributed by atoms with Crippen molar-refractivity contribution in [3.05, 3.63) is 155 Å². The number of hydrogen-bond acceptors (Lipinski definition) is 14. The first-order valence-corrected chi connectivity index (χ1v) is 24.1. The molecule has 4 heterocycles. The Bertz CT molecular complexity index is 2420. The minimum atomic E-state index is -4.77. The highest BCUT2D eigenvalue weighted by Gasteiger charge is 2.51. The lowest BCUT2D eigenvalue weighted by atomic mass is 10.0. The normalized spacial score (nSPS) is 22.0. The molecule has 0 N–H and O–H groups in total. The molecule has 2 fully saturated rings. The molecule has 8 rings (SSSR count). The fourth-order valence-electron chi connectivity index (χ4n) is 8.55. The highest BCUT2D eigenvalue weighted by atomic mass is 32.2. The lowest BCUT2D eigenvalue weighted by Crippen LogP contribution is -2.48. The molecule has 2 amide bonds. The Labute approximate surface area is 372 Å². The molecule has 16 nitrogen and oxygen atoms in total. The van der Waals surface area contributed by atoms with Gasteiger partial charge in [-0.25, -0.2) is 35.0 Å². The standard InChI is InChI=1S/C46H48N4O12S2/c51-41(61-45-37-17-9-7-15-35(37)43(53)49(63(45,55)56)39(33-11-3-1-4-12-33)21-23-47-25-29-59-30-26-47)19-20-42(52)62-46-38-18-10-8-16-36(38)44(54)50(64(46,57)58)40(34-13-5-2-6-14-34)22-24-48-27-31-60-32-28-48/h1-20,39-40,45-46H,21-32H2/b20-19+. The van der Waals surface area contributed by atoms with E-state index in [-0.39, 0.29) is 35.1 Å². The van der Waals surface area contributed by atoms with Crippen molar-refractivity contribution in [1.29, 1.82) is 0 Å². The zero-order valence-corrected chi connectivity index (χ0v) is 36.5. The van der Waals surface area contributed by atoms with E-state index in [9.17, 15) is 36.0 Å². The van der Waals surface area contributed by atoms with Gasteiger partial charge in [0.05, 0.1) is 38.5 Å². The third-order valence-corrected chi connectivity index (χ3v) is 15.5. The Morgan fingerprint density at radius 1 is 0.547 bits per heavy atom. The van der Waals surface area contributed by atoms with Gasteiger partial charge in [-0.2, -0.15) is 0 Å². The Morgan fingerprint density at radius 3 is 1.27 bits per heavy atom. The zero-order valence-electron chi connectivity index (χ0n) is 34.8. The van der Waals surface area contributed by atoms with Crippen molar-refractivity contribution in [2.75, 3.05) is 65.7 Å². The van der Waals surface area contributed by atoms with E-state index in [1.165, 1.54) is 36.4 Å². The second kappa shape index (κ2) is 19.5. The van der Waals surface area contributed by atoms with E-state index >= 15 is 0 Å². The molecule has 0 saturated carbocycles. The molecular weight excluding hydrogens is 865 g/mol. The van der Waals surface area contributed by atoms with Crippen molar-refractivity contribution < 1.29 is 55.0 Å². The van der Waals surface area contributed by atoms with E-state index in [0.29, 0.717) is 89.0 Å². The lowest BCUT2D eigenvalue weighted by molar-refractivity contribution is -0.142. The first-order chi connectivity index (χ1) is 30.9. The van der Waals surface area contributed by atoms with Crippen molar-refractivity contribution in [3.63, 3.8) is 0 Å². The highest BCUT2D eigenvalue weighted by Crippen LogP contribution is 2.43. The monoisotopic (exact) mass is 912 g/mol. The number of ether oxygens (including phenoxy) is 4. The maximum absolute atomic E-state index is 14.6. The Morgan fingerprint density at radius 2 is 0.891 bits per heavy atom. The molecule has 4 aliphatic heterocycles. The molecule has 0 aliphatic carbocycles. The summed E-state index contributed by atoms with van der Waals surface area (Å²) in [6.07, 6.45) is 1.74. The number of esters is 2. The second-order valence-electron chi connectivity index (χ2n) is 15.7. The highest BCUT2D eigenvalue weighted by molar-refractivity contribution is 7.90. The van der Waals surface area contributed by atoms with Crippen molar-refractivity contribution in [1.82, 2.24) is 18.4 Å². The first kappa shape index (κ1) is 44.8. The Hall–Kier alpha value is -5.76. The number of benzene rings is 4. The van der Waals surface area contributed by atoms with Crippen LogP contribution >= 0.6 is 0 Å². The van der Waals surface area contributed by atoms with Crippen molar-refractivity contribution in [3.8, 4) is 0 Å². The summed E-state index contributed by atoms with van der Waals surface area (Å²) in [5.74, 6) is -4.13. The molecule has 64 heavy (non-hydrogen) atoms. The van der Waals surface area contributed by atoms with Gasteiger partial charge in [0.2, 0.25) is 10.9 Å². The van der Waals surface area contributed by atoms with Crippen LogP contribution in [0.15, 0.2) is 121 Å². The van der Waals surface area contributed by atoms with Gasteiger partial charge in [-0.3, -0.25) is 19.4 Å². The molecule has 4 atom stereocenters. The second-order valence-corrected chi connectivity index (χ2v) is 19.4. The third kappa shape index (κ3) is 9.38. The quantitative estimate of drug-likeness (QED) is 0.127. The van der Waals surface area contributed by atoms with Gasteiger partial charge >= 0.3 is 11.9 Å². The van der Waals surface area contributed by atoms with Gasteiger partial charge in [-0.05, 0) is 36.1 Å². The van der Waals surface area contributed by atoms with Crippen LogP contribution in [0.25, 0.3) is 0 Å². The number of nitrogens with zero attached hydrogens (tertiary/aromatic N) is 4. The van der Waals surface area contributed by atoms with Crippen LogP contribution in [0.1, 0.15) is 78.8 Å². The average molecular weight is 913 g/mol. The fraction of sp³-hybridized carbons (Fsp3) is 0.348. The van der Waals surface area contributed by atoms with E-state index in [1.54, 1.807) is 72.8 Å². The first-order valence-electron chi connectivity index (χ1n) is 21.1. The molecule has 0 aromatic heterocycles. The van der Waals surface area contributed by atoms with Crippen LogP contribution in [0.3, 0.4) is 0 Å². The summed E-state index contributed by atoms with van der Waals surface area (Å²) in [7, 11) is -9.53. The van der Waals surface area contributed by atoms with Gasteiger partial charge < -0.3 is 18.9 Å². The molecule has 0 radical (unpaired) electrons. The number of hydrogen-bond donors (Lipinski definition) is 0. The summed E-state index contributed by atoms with van der Waals surface area (Å²) >= 11 is 0. The summed E-state index contributed by atoms with van der Waals surface area (Å²) in [5.41, 5.74) is -2.94. The molecule has 2 saturated heterocycles. The zero-order chi connectivity index (χ0) is 44.8. The van der Waals surface area contributed by atoms with Gasteiger partial charge in [-0.15, -0.1) is 0 Å². The number of amides is 2. The van der Waals surface area contributed by atoms with E-state index in [2.05, 4.69) is 9.80 Å². The number of sulfonamides is 2. The number of fused-ring (bicyclic) bond motifs is 2. The molecule has 0 bridgehead atoms. The molecular formula is C46H48N4O12S2. The van der Waals surface area contributed by atoms with Crippen LogP contribution in [-0.4, -0.2) is 125 Å². The summed E-state index contributed by atoms with van der Waals surface area (Å²) in [5, 5.41) is 0. The lowest BCUT2D eigenvalue weighted by Gasteiger charge is -2.39. The van der Waals surface area contributed by atoms with Crippen LogP contribution in [0, 0.1) is 0 Å². The predicted octanol–water partition coefficient (Wildman–Crippen LogP) is 4.53. The topological polar surface area (TPSA) is 186 Å². The number of rotatable bonds is 14. The largest absolute Gasteiger partial charge is 0.436 e. The maximum Gasteiger partial charge on any atom is 0.332 e. The fourth-order valence-corrected chi connectivity index (χ4v) is 12.3. The molecule has 4 aromatic rings. The van der Waals surface area contributed by atoms with Crippen molar-refractivity contribution in [2.24, 2.45) is 0 Å². The molecule has 4 unspecified atom stereocenters. The average Bonchev–Trinajstić information content (AvgIpc) is 3.32. The van der Waals surface area contributed by atoms with Crippen molar-refractivity contribution in [2.45, 2.75) is 35.8 Å². The van der Waals surface area contributed by atoms with E-state index in [0.717, 1.165) is 8.61 Å². The van der Waals surface area contributed by atoms with Gasteiger partial charge in [-0.1, -0.05) is 97.1 Å². The summed E-state index contributed by atoms with van der Waals surface area (Å²) in [4.78, 5) is 59.7. The van der Waals surface area contributed by atoms with Crippen molar-refractivity contribution >= 4 is 43.8 Å². The molecule has 4 aromatic carbocycles. The predicted molar refractivity (Wildman–Crippen MR) is 232 cm³/mol. The minimum absolute atomic E-state index is 0.0184. The minimum Gasteiger partial charge on any atom is -0.436 e. The van der Waals surface area contributed by atoms with Crippen LogP contribution in [0.5, 0.6) is 0 Å². The smallest absolute Gasteiger partial charge is 0.332 e. The number of carbonyl (C=O) groups is 4. The number of morpholine rings is 2. The van der Waals surface area contributed by atoms with Crippen LogP contribution < -0.4 is 0 Å². The third-order valence-electron chi connectivity index (χ3n) is 11.8. The Balaban J connectivity index is 1.04. The van der Waals surface area contributed by atoms with Crippen LogP contribution in [-0.2, 0) is 48.6 Å². The molecule has 0 spiro atoms. The van der Waals surface area contributed by atoms with Gasteiger partial charge in [0.25, 0.3) is 31.9 Å². The van der Waals surface area contributed by atoms with E-state index in [1.807, 2.05) is 0 Å². The molecule has 4 aliphatic rings. The van der Waals surface area contributed by atoms with Crippen LogP contribution in [0.2, 0.25) is 0 Å². The molecule has 18 heteroatoms. The summed E-state index contributed by atoms with van der Waals surface area (Å²) in [6, 6.07) is 27.4. The number of carbonyl (C=O) groups excluding carboxylic acids is 4. The van der Waals surface area contributed by atoms with Gasteiger partial charge in [0.1, 0.15) is 0 Å². The summed E-state index contributed by atoms with van der Waals surface area (Å²) < 4.78 is 82.1.